The highest BCUT2D eigenvalue weighted by molar-refractivity contribution is 7.98. The van der Waals surface area contributed by atoms with Crippen molar-refractivity contribution in [3.63, 3.8) is 0 Å². The van der Waals surface area contributed by atoms with E-state index in [9.17, 15) is 8.78 Å². The Kier molecular flexibility index (Phi) is 5.55. The van der Waals surface area contributed by atoms with Gasteiger partial charge in [0.05, 0.1) is 19.8 Å². The van der Waals surface area contributed by atoms with Crippen LogP contribution in [0.5, 0.6) is 11.5 Å². The van der Waals surface area contributed by atoms with Gasteiger partial charge in [0.2, 0.25) is 0 Å². The number of anilines is 1. The number of halogens is 2. The number of aromatic nitrogens is 2. The fraction of sp³-hybridized carbons (Fsp3) is 0.353. The van der Waals surface area contributed by atoms with E-state index < -0.39 is 17.3 Å². The van der Waals surface area contributed by atoms with Crippen molar-refractivity contribution in [3.8, 4) is 11.5 Å². The molecule has 2 aromatic rings. The van der Waals surface area contributed by atoms with Crippen molar-refractivity contribution in [2.75, 3.05) is 25.8 Å². The zero-order chi connectivity index (χ0) is 18.7. The van der Waals surface area contributed by atoms with Crippen molar-refractivity contribution < 1.29 is 18.3 Å². The summed E-state index contributed by atoms with van der Waals surface area (Å²) in [6.45, 7) is 0. The summed E-state index contributed by atoms with van der Waals surface area (Å²) in [5.41, 5.74) is 0.0443. The maximum absolute atomic E-state index is 14.4. The van der Waals surface area contributed by atoms with Crippen LogP contribution in [0.4, 0.5) is 20.3 Å². The number of hydrogen-bond acceptors (Lipinski definition) is 7. The number of thioether (sulfide) groups is 1. The average Bonchev–Trinajstić information content (AvgIpc) is 3.46. The molecule has 0 spiro atoms. The summed E-state index contributed by atoms with van der Waals surface area (Å²) in [7, 11) is 2.58. The van der Waals surface area contributed by atoms with Crippen molar-refractivity contribution in [2.45, 2.75) is 24.0 Å². The third-order valence-electron chi connectivity index (χ3n) is 3.78. The number of hydrogen-bond donors (Lipinski definition) is 1. The maximum atomic E-state index is 14.4. The lowest BCUT2D eigenvalue weighted by Crippen LogP contribution is -2.07. The highest BCUT2D eigenvalue weighted by Crippen LogP contribution is 2.36. The molecule has 1 N–H and O–H groups in total. The number of nitrogens with one attached hydrogen (secondary N) is 1. The Morgan fingerprint density at radius 2 is 1.88 bits per heavy atom. The molecule has 26 heavy (non-hydrogen) atoms. The van der Waals surface area contributed by atoms with Crippen LogP contribution in [-0.2, 0) is 0 Å². The van der Waals surface area contributed by atoms with Crippen LogP contribution in [0, 0.1) is 11.6 Å². The quantitative estimate of drug-likeness (QED) is 0.447. The number of rotatable bonds is 7. The first-order valence-electron chi connectivity index (χ1n) is 7.89. The minimum Gasteiger partial charge on any atom is -0.493 e. The molecule has 9 heteroatoms. The monoisotopic (exact) mass is 380 g/mol. The Balaban J connectivity index is 1.99. The first-order chi connectivity index (χ1) is 12.6. The van der Waals surface area contributed by atoms with Crippen LogP contribution < -0.4 is 14.8 Å². The molecule has 1 aromatic carbocycles. The fourth-order valence-electron chi connectivity index (χ4n) is 2.22. The van der Waals surface area contributed by atoms with Crippen molar-refractivity contribution >= 4 is 29.5 Å². The van der Waals surface area contributed by atoms with Gasteiger partial charge in [-0.2, -0.15) is 0 Å². The van der Waals surface area contributed by atoms with E-state index in [4.69, 9.17) is 9.47 Å². The van der Waals surface area contributed by atoms with Gasteiger partial charge >= 0.3 is 0 Å². The predicted octanol–water partition coefficient (Wildman–Crippen LogP) is 3.82. The SMILES string of the molecule is COc1cc(OC)c(F)c(/N=C/c2cnc(SC)nc2NC2CC2)c1F. The van der Waals surface area contributed by atoms with E-state index in [-0.39, 0.29) is 11.5 Å². The Morgan fingerprint density at radius 3 is 2.42 bits per heavy atom. The van der Waals surface area contributed by atoms with Gasteiger partial charge in [0.15, 0.2) is 28.3 Å². The molecule has 0 saturated heterocycles. The number of methoxy groups -OCH3 is 2. The lowest BCUT2D eigenvalue weighted by molar-refractivity contribution is 0.359. The normalized spacial score (nSPS) is 13.9. The van der Waals surface area contributed by atoms with Crippen LogP contribution >= 0.6 is 11.8 Å². The molecule has 6 nitrogen and oxygen atoms in total. The van der Waals surface area contributed by atoms with Crippen LogP contribution in [0.15, 0.2) is 22.4 Å². The Morgan fingerprint density at radius 1 is 1.23 bits per heavy atom. The van der Waals surface area contributed by atoms with Crippen molar-refractivity contribution in [2.24, 2.45) is 4.99 Å². The van der Waals surface area contributed by atoms with Crippen molar-refractivity contribution in [1.82, 2.24) is 9.97 Å². The Bertz CT molecular complexity index is 816. The molecule has 0 radical (unpaired) electrons. The van der Waals surface area contributed by atoms with Crippen LogP contribution in [0.2, 0.25) is 0 Å². The summed E-state index contributed by atoms with van der Waals surface area (Å²) in [6, 6.07) is 1.50. The Hall–Kier alpha value is -2.42. The molecule has 0 aliphatic heterocycles. The van der Waals surface area contributed by atoms with Gasteiger partial charge < -0.3 is 14.8 Å². The predicted molar refractivity (Wildman–Crippen MR) is 97.2 cm³/mol. The Labute approximate surface area is 154 Å². The van der Waals surface area contributed by atoms with Gasteiger partial charge in [-0.3, -0.25) is 0 Å². The molecule has 138 valence electrons. The van der Waals surface area contributed by atoms with E-state index in [1.807, 2.05) is 6.26 Å². The number of aliphatic imine (C=N–C) groups is 1. The number of ether oxygens (including phenoxy) is 2. The second-order valence-electron chi connectivity index (χ2n) is 5.60. The molecule has 1 saturated carbocycles. The molecule has 0 bridgehead atoms. The third-order valence-corrected chi connectivity index (χ3v) is 4.34. The summed E-state index contributed by atoms with van der Waals surface area (Å²) in [6.07, 6.45) is 6.89. The summed E-state index contributed by atoms with van der Waals surface area (Å²) in [5.74, 6) is -1.52. The van der Waals surface area contributed by atoms with Crippen LogP contribution in [0.3, 0.4) is 0 Å². The van der Waals surface area contributed by atoms with Crippen molar-refractivity contribution in [1.29, 1.82) is 0 Å². The molecule has 1 aliphatic rings. The topological polar surface area (TPSA) is 68.6 Å². The average molecular weight is 380 g/mol. The van der Waals surface area contributed by atoms with Crippen molar-refractivity contribution in [3.05, 3.63) is 29.5 Å². The zero-order valence-corrected chi connectivity index (χ0v) is 15.4. The first-order valence-corrected chi connectivity index (χ1v) is 9.11. The molecular formula is C17H18F2N4O2S. The molecule has 0 amide bonds. The van der Waals surface area contributed by atoms with E-state index in [1.165, 1.54) is 32.2 Å². The lowest BCUT2D eigenvalue weighted by Gasteiger charge is -2.10. The van der Waals surface area contributed by atoms with E-state index >= 15 is 0 Å². The molecule has 1 heterocycles. The lowest BCUT2D eigenvalue weighted by atomic mass is 10.2. The third kappa shape index (κ3) is 3.87. The highest BCUT2D eigenvalue weighted by atomic mass is 32.2. The van der Waals surface area contributed by atoms with Gasteiger partial charge in [-0.1, -0.05) is 11.8 Å². The van der Waals surface area contributed by atoms with Gasteiger partial charge in [0.1, 0.15) is 11.5 Å². The second-order valence-corrected chi connectivity index (χ2v) is 6.37. The molecule has 1 aliphatic carbocycles. The van der Waals surface area contributed by atoms with E-state index in [2.05, 4.69) is 20.3 Å². The first kappa shape index (κ1) is 18.4. The van der Waals surface area contributed by atoms with E-state index in [0.717, 1.165) is 18.9 Å². The second kappa shape index (κ2) is 7.86. The highest BCUT2D eigenvalue weighted by Gasteiger charge is 2.23. The van der Waals surface area contributed by atoms with Gasteiger partial charge in [-0.15, -0.1) is 0 Å². The molecule has 1 fully saturated rings. The maximum Gasteiger partial charge on any atom is 0.193 e. The van der Waals surface area contributed by atoms with Crippen LogP contribution in [-0.4, -0.2) is 42.7 Å². The molecular weight excluding hydrogens is 362 g/mol. The molecule has 1 aromatic heterocycles. The number of benzene rings is 1. The van der Waals surface area contributed by atoms with Gasteiger partial charge in [0, 0.05) is 24.5 Å². The van der Waals surface area contributed by atoms with Crippen LogP contribution in [0.1, 0.15) is 18.4 Å². The summed E-state index contributed by atoms with van der Waals surface area (Å²) in [5, 5.41) is 3.88. The smallest absolute Gasteiger partial charge is 0.193 e. The van der Waals surface area contributed by atoms with Gasteiger partial charge in [-0.25, -0.2) is 23.7 Å². The summed E-state index contributed by atoms with van der Waals surface area (Å²) < 4.78 is 38.6. The summed E-state index contributed by atoms with van der Waals surface area (Å²) in [4.78, 5) is 12.6. The molecule has 3 rings (SSSR count). The van der Waals surface area contributed by atoms with E-state index in [1.54, 1.807) is 6.20 Å². The number of nitrogens with zero attached hydrogens (tertiary/aromatic N) is 3. The van der Waals surface area contributed by atoms with E-state index in [0.29, 0.717) is 22.6 Å². The van der Waals surface area contributed by atoms with Gasteiger partial charge in [0.25, 0.3) is 0 Å². The largest absolute Gasteiger partial charge is 0.493 e. The minimum absolute atomic E-state index is 0.152. The summed E-state index contributed by atoms with van der Waals surface area (Å²) >= 11 is 1.41. The minimum atomic E-state index is -0.902. The van der Waals surface area contributed by atoms with Gasteiger partial charge in [-0.05, 0) is 19.1 Å². The zero-order valence-electron chi connectivity index (χ0n) is 14.5. The molecule has 0 atom stereocenters. The molecule has 0 unspecified atom stereocenters. The van der Waals surface area contributed by atoms with Crippen LogP contribution in [0.25, 0.3) is 0 Å². The standard InChI is InChI=1S/C17H18F2N4O2S/c1-24-11-6-12(25-2)14(19)15(13(11)18)20-7-9-8-21-17(26-3)23-16(9)22-10-4-5-10/h6-8,10H,4-5H2,1-3H3,(H,21,22,23)/b20-7+. The fourth-order valence-corrected chi connectivity index (χ4v) is 2.57.